The highest BCUT2D eigenvalue weighted by molar-refractivity contribution is 7.89. The quantitative estimate of drug-likeness (QED) is 0.305. The minimum atomic E-state index is -4.41. The number of alkyl carbamates (subject to hydrolysis) is 1. The monoisotopic (exact) mass is 602 g/mol. The van der Waals surface area contributed by atoms with Crippen molar-refractivity contribution in [1.82, 2.24) is 9.62 Å². The highest BCUT2D eigenvalue weighted by Gasteiger charge is 2.47. The first-order valence-electron chi connectivity index (χ1n) is 13.8. The summed E-state index contributed by atoms with van der Waals surface area (Å²) in [5.74, 6) is -5.78. The molecular weight excluding hydrogens is 566 g/mol. The summed E-state index contributed by atoms with van der Waals surface area (Å²) >= 11 is 0. The van der Waals surface area contributed by atoms with Crippen molar-refractivity contribution in [2.75, 3.05) is 19.8 Å². The first-order chi connectivity index (χ1) is 20.1. The smallest absolute Gasteiger partial charge is 0.408 e. The van der Waals surface area contributed by atoms with Crippen molar-refractivity contribution in [2.45, 2.75) is 56.2 Å². The number of ketones is 1. The van der Waals surface area contributed by atoms with Gasteiger partial charge in [-0.3, -0.25) is 4.79 Å². The average molecular weight is 603 g/mol. The van der Waals surface area contributed by atoms with Crippen LogP contribution in [0.5, 0.6) is 0 Å². The van der Waals surface area contributed by atoms with Crippen molar-refractivity contribution in [3.63, 3.8) is 0 Å². The van der Waals surface area contributed by atoms with Gasteiger partial charge >= 0.3 is 12.0 Å². The van der Waals surface area contributed by atoms with Crippen LogP contribution in [-0.4, -0.2) is 62.4 Å². The molecule has 0 aliphatic carbocycles. The third kappa shape index (κ3) is 9.17. The molecule has 226 valence electrons. The molecule has 0 bridgehead atoms. The topological polar surface area (TPSA) is 102 Å². The summed E-state index contributed by atoms with van der Waals surface area (Å²) in [6.45, 7) is 2.76. The van der Waals surface area contributed by atoms with E-state index >= 15 is 8.78 Å². The number of carbonyl (C=O) groups excluding carboxylic acids is 2. The van der Waals surface area contributed by atoms with Crippen LogP contribution < -0.4 is 5.32 Å². The Bertz CT molecular complexity index is 1370. The Hall–Kier alpha value is -3.67. The lowest BCUT2D eigenvalue weighted by Gasteiger charge is -2.29. The SMILES string of the molecule is CC.O=C(N[C@@H](Cc1ccccc1)C(=O)C(F)(F)CN(Cc1ccccc1)S(=O)(=O)c1ccccc1)OC1CCOC1. The molecule has 11 heteroatoms. The number of nitrogens with zero attached hydrogens (tertiary/aromatic N) is 1. The van der Waals surface area contributed by atoms with Gasteiger partial charge in [0.15, 0.2) is 0 Å². The van der Waals surface area contributed by atoms with Gasteiger partial charge in [0.25, 0.3) is 0 Å². The Labute approximate surface area is 245 Å². The molecule has 0 saturated carbocycles. The fraction of sp³-hybridized carbons (Fsp3) is 0.355. The van der Waals surface area contributed by atoms with Crippen LogP contribution >= 0.6 is 0 Å². The zero-order valence-corrected chi connectivity index (χ0v) is 24.4. The van der Waals surface area contributed by atoms with E-state index < -0.39 is 46.5 Å². The molecule has 8 nitrogen and oxygen atoms in total. The van der Waals surface area contributed by atoms with Crippen molar-refractivity contribution in [1.29, 1.82) is 0 Å². The maximum Gasteiger partial charge on any atom is 0.408 e. The summed E-state index contributed by atoms with van der Waals surface area (Å²) in [7, 11) is -4.41. The van der Waals surface area contributed by atoms with E-state index in [1.807, 2.05) is 13.8 Å². The highest BCUT2D eigenvalue weighted by atomic mass is 32.2. The van der Waals surface area contributed by atoms with Crippen LogP contribution in [0.15, 0.2) is 95.9 Å². The van der Waals surface area contributed by atoms with Gasteiger partial charge in [0, 0.05) is 19.4 Å². The van der Waals surface area contributed by atoms with Crippen LogP contribution in [0.25, 0.3) is 0 Å². The minimum absolute atomic E-state index is 0.173. The number of rotatable bonds is 12. The molecule has 42 heavy (non-hydrogen) atoms. The van der Waals surface area contributed by atoms with Crippen LogP contribution in [0.4, 0.5) is 13.6 Å². The molecular formula is C31H36F2N2O6S. The van der Waals surface area contributed by atoms with Crippen LogP contribution in [0.2, 0.25) is 0 Å². The minimum Gasteiger partial charge on any atom is -0.444 e. The number of nitrogens with one attached hydrogen (secondary N) is 1. The van der Waals surface area contributed by atoms with E-state index in [9.17, 15) is 18.0 Å². The first-order valence-corrected chi connectivity index (χ1v) is 15.2. The van der Waals surface area contributed by atoms with E-state index in [0.717, 1.165) is 0 Å². The van der Waals surface area contributed by atoms with Crippen molar-refractivity contribution in [2.24, 2.45) is 0 Å². The Balaban J connectivity index is 0.00000237. The number of ether oxygens (including phenoxy) is 2. The summed E-state index contributed by atoms with van der Waals surface area (Å²) in [5.41, 5.74) is 0.991. The van der Waals surface area contributed by atoms with Gasteiger partial charge in [-0.1, -0.05) is 92.7 Å². The molecule has 1 aliphatic rings. The van der Waals surface area contributed by atoms with Gasteiger partial charge in [0.2, 0.25) is 15.8 Å². The van der Waals surface area contributed by atoms with Crippen LogP contribution in [0, 0.1) is 0 Å². The number of carbonyl (C=O) groups is 2. The van der Waals surface area contributed by atoms with E-state index in [0.29, 0.717) is 28.5 Å². The molecule has 0 spiro atoms. The largest absolute Gasteiger partial charge is 0.444 e. The third-order valence-corrected chi connectivity index (χ3v) is 8.18. The summed E-state index contributed by atoms with van der Waals surface area (Å²) in [5, 5.41) is 2.28. The van der Waals surface area contributed by atoms with E-state index in [1.165, 1.54) is 24.3 Å². The van der Waals surface area contributed by atoms with Crippen molar-refractivity contribution >= 4 is 21.9 Å². The number of hydrogen-bond donors (Lipinski definition) is 1. The first kappa shape index (κ1) is 32.8. The van der Waals surface area contributed by atoms with Crippen molar-refractivity contribution in [3.8, 4) is 0 Å². The van der Waals surface area contributed by atoms with Crippen LogP contribution in [0.3, 0.4) is 0 Å². The molecule has 1 amide bonds. The fourth-order valence-corrected chi connectivity index (χ4v) is 5.75. The zero-order chi connectivity index (χ0) is 30.6. The Kier molecular flexibility index (Phi) is 12.1. The average Bonchev–Trinajstić information content (AvgIpc) is 3.51. The van der Waals surface area contributed by atoms with Crippen LogP contribution in [-0.2, 0) is 37.3 Å². The van der Waals surface area contributed by atoms with Gasteiger partial charge in [-0.2, -0.15) is 13.1 Å². The summed E-state index contributed by atoms with van der Waals surface area (Å²) in [6.07, 6.45) is -1.37. The van der Waals surface area contributed by atoms with Gasteiger partial charge in [-0.15, -0.1) is 0 Å². The van der Waals surface area contributed by atoms with Gasteiger partial charge < -0.3 is 14.8 Å². The molecule has 1 heterocycles. The van der Waals surface area contributed by atoms with E-state index in [4.69, 9.17) is 9.47 Å². The molecule has 1 aliphatic heterocycles. The maximum absolute atomic E-state index is 15.8. The van der Waals surface area contributed by atoms with Crippen LogP contribution in [0.1, 0.15) is 31.4 Å². The maximum atomic E-state index is 15.8. The Morgan fingerprint density at radius 1 is 0.952 bits per heavy atom. The molecule has 1 fully saturated rings. The molecule has 1 N–H and O–H groups in total. The van der Waals surface area contributed by atoms with E-state index in [2.05, 4.69) is 5.32 Å². The number of alkyl halides is 2. The molecule has 0 aromatic heterocycles. The van der Waals surface area contributed by atoms with E-state index in [-0.39, 0.29) is 24.5 Å². The summed E-state index contributed by atoms with van der Waals surface area (Å²) in [6, 6.07) is 22.1. The van der Waals surface area contributed by atoms with Gasteiger partial charge in [-0.25, -0.2) is 13.2 Å². The van der Waals surface area contributed by atoms with Crippen molar-refractivity contribution < 1.29 is 36.3 Å². The number of halogens is 2. The normalized spacial score (nSPS) is 15.8. The molecule has 1 saturated heterocycles. The standard InChI is InChI=1S/C29H30F2N2O6S.C2H6/c30-29(31,21-33(19-23-12-6-2-7-13-23)40(36,37)25-14-8-3-9-15-25)27(34)26(18-22-10-4-1-5-11-22)32-28(35)39-24-16-17-38-20-24;1-2/h1-15,24,26H,16-21H2,(H,32,35);1-2H3/t24?,26-;/m0./s1. The zero-order valence-electron chi connectivity index (χ0n) is 23.6. The molecule has 4 rings (SSSR count). The number of sulfonamides is 1. The second-order valence-electron chi connectivity index (χ2n) is 9.42. The van der Waals surface area contributed by atoms with Gasteiger partial charge in [-0.05, 0) is 23.3 Å². The second-order valence-corrected chi connectivity index (χ2v) is 11.4. The molecule has 3 aromatic rings. The van der Waals surface area contributed by atoms with E-state index in [1.54, 1.807) is 66.7 Å². The lowest BCUT2D eigenvalue weighted by atomic mass is 9.98. The highest BCUT2D eigenvalue weighted by Crippen LogP contribution is 2.26. The Morgan fingerprint density at radius 2 is 1.50 bits per heavy atom. The predicted molar refractivity (Wildman–Crippen MR) is 155 cm³/mol. The molecule has 1 unspecified atom stereocenters. The number of benzene rings is 3. The Morgan fingerprint density at radius 3 is 2.05 bits per heavy atom. The second kappa shape index (κ2) is 15.5. The number of hydrogen-bond acceptors (Lipinski definition) is 6. The lowest BCUT2D eigenvalue weighted by molar-refractivity contribution is -0.146. The third-order valence-electron chi connectivity index (χ3n) is 6.37. The summed E-state index contributed by atoms with van der Waals surface area (Å²) < 4.78 is 69.4. The predicted octanol–water partition coefficient (Wildman–Crippen LogP) is 5.23. The molecule has 0 radical (unpaired) electrons. The lowest BCUT2D eigenvalue weighted by Crippen LogP contribution is -2.54. The van der Waals surface area contributed by atoms with Gasteiger partial charge in [0.05, 0.1) is 24.7 Å². The fourth-order valence-electron chi connectivity index (χ4n) is 4.30. The molecule has 2 atom stereocenters. The number of amides is 1. The van der Waals surface area contributed by atoms with Gasteiger partial charge in [0.1, 0.15) is 12.1 Å². The molecule has 3 aromatic carbocycles. The van der Waals surface area contributed by atoms with Crippen molar-refractivity contribution in [3.05, 3.63) is 102 Å². The number of Topliss-reactive ketones (excluding diaryl/α,β-unsaturated/α-hetero) is 1. The summed E-state index contributed by atoms with van der Waals surface area (Å²) in [4.78, 5) is 25.7.